The van der Waals surface area contributed by atoms with Gasteiger partial charge in [0.05, 0.1) is 34.2 Å². The summed E-state index contributed by atoms with van der Waals surface area (Å²) < 4.78 is 0. The number of fused-ring (bicyclic) bond motifs is 6. The lowest BCUT2D eigenvalue weighted by molar-refractivity contribution is 0.850. The molecule has 4 aromatic rings. The van der Waals surface area contributed by atoms with Gasteiger partial charge in [-0.2, -0.15) is 0 Å². The van der Waals surface area contributed by atoms with E-state index in [1.165, 1.54) is 0 Å². The van der Waals surface area contributed by atoms with Crippen LogP contribution in [0, 0.1) is 0 Å². The van der Waals surface area contributed by atoms with Crippen LogP contribution < -0.4 is 0 Å². The van der Waals surface area contributed by atoms with E-state index in [0.717, 1.165) is 80.7 Å². The number of nitrogens with zero attached hydrogens (tertiary/aromatic N) is 6. The molecule has 8 bridgehead atoms. The maximum Gasteiger partial charge on any atom is 0.0816 e. The Balaban J connectivity index is 1.15. The Morgan fingerprint density at radius 2 is 0.833 bits per heavy atom. The quantitative estimate of drug-likeness (QED) is 0.232. The Labute approximate surface area is 280 Å². The van der Waals surface area contributed by atoms with Crippen LogP contribution in [0.1, 0.15) is 46.7 Å². The highest BCUT2D eigenvalue weighted by molar-refractivity contribution is 6.37. The van der Waals surface area contributed by atoms with Crippen LogP contribution in [-0.4, -0.2) is 72.4 Å². The molecule has 8 nitrogen and oxygen atoms in total. The maximum absolute atomic E-state index is 4.91. The summed E-state index contributed by atoms with van der Waals surface area (Å²) in [5.41, 5.74) is 11.6. The average molecular weight is 629 g/mol. The summed E-state index contributed by atoms with van der Waals surface area (Å²) in [7, 11) is 0. The first kappa shape index (κ1) is 30.6. The fourth-order valence-corrected chi connectivity index (χ4v) is 5.69. The average Bonchev–Trinajstić information content (AvgIpc) is 3.95. The lowest BCUT2D eigenvalue weighted by atomic mass is 10.0. The van der Waals surface area contributed by atoms with Gasteiger partial charge in [0.2, 0.25) is 0 Å². The van der Waals surface area contributed by atoms with Crippen LogP contribution in [0.5, 0.6) is 0 Å². The smallest absolute Gasteiger partial charge is 0.0816 e. The summed E-state index contributed by atoms with van der Waals surface area (Å²) in [6.45, 7) is 2.70. The standard InChI is InChI=1S/C40H36N8/c1-3-9-29(10-4-1)39-35-17-13-31(45-35)25-41-21-7-23-43-27-33-15-19-37(47-33)40(30-11-5-2-6-12-30)38-20-16-34(48-38)28-44-24-8-22-42-26-32-14-18-36(39)46-32/h1-6,9-20,25-28,45,47H,7-8,21-24H2/b39-36-,40-38+,41-25?,42-26?,43-27?,44-28?. The van der Waals surface area contributed by atoms with E-state index in [4.69, 9.17) is 9.98 Å². The van der Waals surface area contributed by atoms with Gasteiger partial charge in [0, 0.05) is 73.6 Å². The van der Waals surface area contributed by atoms with Crippen LogP contribution >= 0.6 is 0 Å². The Morgan fingerprint density at radius 1 is 0.417 bits per heavy atom. The minimum Gasteiger partial charge on any atom is -0.354 e. The van der Waals surface area contributed by atoms with Gasteiger partial charge in [0.1, 0.15) is 0 Å². The van der Waals surface area contributed by atoms with Crippen molar-refractivity contribution in [3.63, 3.8) is 0 Å². The van der Waals surface area contributed by atoms with Gasteiger partial charge in [0.15, 0.2) is 0 Å². The van der Waals surface area contributed by atoms with Gasteiger partial charge in [-0.05, 0) is 72.5 Å². The van der Waals surface area contributed by atoms with E-state index in [-0.39, 0.29) is 0 Å². The number of aromatic amines is 2. The van der Waals surface area contributed by atoms with E-state index in [1.54, 1.807) is 0 Å². The molecule has 2 N–H and O–H groups in total. The van der Waals surface area contributed by atoms with Crippen molar-refractivity contribution in [2.45, 2.75) is 12.8 Å². The number of hydrogen-bond acceptors (Lipinski definition) is 6. The van der Waals surface area contributed by atoms with Crippen molar-refractivity contribution < 1.29 is 0 Å². The zero-order valence-electron chi connectivity index (χ0n) is 26.6. The summed E-state index contributed by atoms with van der Waals surface area (Å²) in [5, 5.41) is 0. The monoisotopic (exact) mass is 628 g/mol. The molecule has 8 heteroatoms. The molecule has 0 spiro atoms. The Hall–Kier alpha value is -6.02. The minimum atomic E-state index is 0.665. The van der Waals surface area contributed by atoms with Crippen molar-refractivity contribution in [2.24, 2.45) is 30.0 Å². The molecule has 0 amide bonds. The number of aliphatic imine (C=N–C) groups is 6. The lowest BCUT2D eigenvalue weighted by Gasteiger charge is -2.08. The van der Waals surface area contributed by atoms with Crippen molar-refractivity contribution in [1.29, 1.82) is 0 Å². The third-order valence-electron chi connectivity index (χ3n) is 7.97. The molecule has 0 radical (unpaired) electrons. The number of H-pyrrole nitrogens is 2. The molecular formula is C40H36N8. The van der Waals surface area contributed by atoms with Crippen LogP contribution in [0.2, 0.25) is 0 Å². The molecule has 5 heterocycles. The summed E-state index contributed by atoms with van der Waals surface area (Å²) in [4.78, 5) is 35.5. The largest absolute Gasteiger partial charge is 0.354 e. The van der Waals surface area contributed by atoms with Crippen LogP contribution in [0.25, 0.3) is 11.1 Å². The Morgan fingerprint density at radius 3 is 1.27 bits per heavy atom. The second-order valence-corrected chi connectivity index (χ2v) is 11.5. The highest BCUT2D eigenvalue weighted by atomic mass is 14.9. The molecule has 0 saturated carbocycles. The molecule has 3 aliphatic rings. The summed E-state index contributed by atoms with van der Waals surface area (Å²) >= 11 is 0. The first-order chi connectivity index (χ1) is 23.8. The van der Waals surface area contributed by atoms with E-state index in [9.17, 15) is 0 Å². The van der Waals surface area contributed by atoms with Gasteiger partial charge in [-0.1, -0.05) is 60.7 Å². The van der Waals surface area contributed by atoms with E-state index >= 15 is 0 Å². The summed E-state index contributed by atoms with van der Waals surface area (Å²) in [5.74, 6) is 0. The highest BCUT2D eigenvalue weighted by Crippen LogP contribution is 2.31. The highest BCUT2D eigenvalue weighted by Gasteiger charge is 2.16. The van der Waals surface area contributed by atoms with Crippen molar-refractivity contribution in [3.05, 3.63) is 155 Å². The molecule has 0 unspecified atom stereocenters. The molecule has 0 atom stereocenters. The van der Waals surface area contributed by atoms with Crippen LogP contribution in [0.3, 0.4) is 0 Å². The summed E-state index contributed by atoms with van der Waals surface area (Å²) in [6.07, 6.45) is 17.3. The maximum atomic E-state index is 4.91. The zero-order chi connectivity index (χ0) is 32.4. The summed E-state index contributed by atoms with van der Waals surface area (Å²) in [6, 6.07) is 29.0. The van der Waals surface area contributed by atoms with E-state index in [2.05, 4.69) is 90.6 Å². The number of rotatable bonds is 2. The van der Waals surface area contributed by atoms with E-state index in [0.29, 0.717) is 26.2 Å². The Bertz CT molecular complexity index is 1910. The third kappa shape index (κ3) is 7.50. The van der Waals surface area contributed by atoms with Gasteiger partial charge < -0.3 is 9.97 Å². The van der Waals surface area contributed by atoms with Crippen molar-refractivity contribution >= 4 is 47.4 Å². The number of aromatic nitrogens is 2. The minimum absolute atomic E-state index is 0.665. The molecule has 7 rings (SSSR count). The number of allylic oxidation sites excluding steroid dienone is 4. The first-order valence-electron chi connectivity index (χ1n) is 16.3. The third-order valence-corrected chi connectivity index (χ3v) is 7.97. The van der Waals surface area contributed by atoms with Crippen molar-refractivity contribution in [1.82, 2.24) is 9.97 Å². The molecule has 2 aromatic carbocycles. The van der Waals surface area contributed by atoms with Crippen LogP contribution in [0.4, 0.5) is 0 Å². The Kier molecular flexibility index (Phi) is 9.60. The first-order valence-corrected chi connectivity index (χ1v) is 16.3. The van der Waals surface area contributed by atoms with Crippen LogP contribution in [0.15, 0.2) is 151 Å². The van der Waals surface area contributed by atoms with E-state index < -0.39 is 0 Å². The molecule has 3 aliphatic heterocycles. The SMILES string of the molecule is C1=C/C2=C(\c3ccccc3)c3ccc([nH]3)C=NCCCN=Cc3ccc([nH]3)/C(c3ccccc3)=C3\C=CC(=N3)C=NCCCN=CC1=N2. The van der Waals surface area contributed by atoms with Gasteiger partial charge in [-0.25, -0.2) is 9.98 Å². The topological polar surface area (TPSA) is 106 Å². The lowest BCUT2D eigenvalue weighted by Crippen LogP contribution is -1.97. The molecule has 0 aliphatic carbocycles. The van der Waals surface area contributed by atoms with Gasteiger partial charge in [-0.15, -0.1) is 0 Å². The van der Waals surface area contributed by atoms with Crippen molar-refractivity contribution in [3.8, 4) is 0 Å². The second-order valence-electron chi connectivity index (χ2n) is 11.5. The molecule has 0 fully saturated rings. The van der Waals surface area contributed by atoms with Gasteiger partial charge in [-0.3, -0.25) is 20.0 Å². The second kappa shape index (κ2) is 15.0. The number of hydrogen-bond donors (Lipinski definition) is 2. The predicted octanol–water partition coefficient (Wildman–Crippen LogP) is 7.36. The zero-order valence-corrected chi connectivity index (χ0v) is 26.6. The van der Waals surface area contributed by atoms with E-state index in [1.807, 2.05) is 73.4 Å². The van der Waals surface area contributed by atoms with Gasteiger partial charge >= 0.3 is 0 Å². The fourth-order valence-electron chi connectivity index (χ4n) is 5.69. The molecule has 0 saturated heterocycles. The van der Waals surface area contributed by atoms with Gasteiger partial charge in [0.25, 0.3) is 0 Å². The molecule has 236 valence electrons. The molecular weight excluding hydrogens is 592 g/mol. The molecule has 48 heavy (non-hydrogen) atoms. The number of nitrogens with one attached hydrogen (secondary N) is 2. The fraction of sp³-hybridized carbons (Fsp3) is 0.150. The predicted molar refractivity (Wildman–Crippen MR) is 201 cm³/mol. The van der Waals surface area contributed by atoms with Crippen LogP contribution in [-0.2, 0) is 0 Å². The number of benzene rings is 2. The van der Waals surface area contributed by atoms with Crippen molar-refractivity contribution in [2.75, 3.05) is 26.2 Å². The molecule has 2 aromatic heterocycles. The normalized spacial score (nSPS) is 20.1.